The van der Waals surface area contributed by atoms with Crippen LogP contribution in [0.5, 0.6) is 0 Å². The molecule has 0 saturated carbocycles. The molecule has 0 aromatic heterocycles. The molecule has 2 amide bonds. The Morgan fingerprint density at radius 3 is 2.71 bits per heavy atom. The van der Waals surface area contributed by atoms with Gasteiger partial charge in [0.1, 0.15) is 6.54 Å². The highest BCUT2D eigenvalue weighted by atomic mass is 16.4. The summed E-state index contributed by atoms with van der Waals surface area (Å²) in [7, 11) is 0. The molecule has 2 N–H and O–H groups in total. The SMILES string of the molecule is CC(C)CNC(=O)CN1C(=O)Cc2ccc(C(=O)O)cc21. The van der Waals surface area contributed by atoms with Crippen molar-refractivity contribution in [1.29, 1.82) is 0 Å². The minimum absolute atomic E-state index is 0.0817. The lowest BCUT2D eigenvalue weighted by atomic mass is 10.1. The Bertz CT molecular complexity index is 595. The number of carbonyl (C=O) groups is 3. The maximum absolute atomic E-state index is 12.0. The monoisotopic (exact) mass is 290 g/mol. The minimum atomic E-state index is -1.05. The molecule has 0 saturated heterocycles. The molecule has 0 unspecified atom stereocenters. The van der Waals surface area contributed by atoms with Gasteiger partial charge in [-0.3, -0.25) is 9.59 Å². The lowest BCUT2D eigenvalue weighted by Gasteiger charge is -2.18. The van der Waals surface area contributed by atoms with Gasteiger partial charge in [0.05, 0.1) is 12.0 Å². The molecule has 2 rings (SSSR count). The van der Waals surface area contributed by atoms with E-state index in [2.05, 4.69) is 5.32 Å². The van der Waals surface area contributed by atoms with Gasteiger partial charge in [-0.25, -0.2) is 4.79 Å². The summed E-state index contributed by atoms with van der Waals surface area (Å²) in [6, 6.07) is 4.54. The summed E-state index contributed by atoms with van der Waals surface area (Å²) in [5, 5.41) is 11.8. The minimum Gasteiger partial charge on any atom is -0.478 e. The Balaban J connectivity index is 2.15. The highest BCUT2D eigenvalue weighted by Gasteiger charge is 2.29. The predicted octanol–water partition coefficient (Wildman–Crippen LogP) is 1.05. The lowest BCUT2D eigenvalue weighted by Crippen LogP contribution is -2.40. The van der Waals surface area contributed by atoms with Crippen LogP contribution in [0.25, 0.3) is 0 Å². The van der Waals surface area contributed by atoms with Crippen LogP contribution < -0.4 is 10.2 Å². The zero-order valence-electron chi connectivity index (χ0n) is 12.0. The molecule has 1 heterocycles. The van der Waals surface area contributed by atoms with Crippen molar-refractivity contribution < 1.29 is 19.5 Å². The van der Waals surface area contributed by atoms with E-state index in [0.29, 0.717) is 18.2 Å². The molecule has 6 heteroatoms. The van der Waals surface area contributed by atoms with Gasteiger partial charge in [0.25, 0.3) is 0 Å². The zero-order valence-corrected chi connectivity index (χ0v) is 12.0. The number of hydrogen-bond donors (Lipinski definition) is 2. The van der Waals surface area contributed by atoms with Gasteiger partial charge >= 0.3 is 5.97 Å². The number of rotatable bonds is 5. The zero-order chi connectivity index (χ0) is 15.6. The summed E-state index contributed by atoms with van der Waals surface area (Å²) in [5.74, 6) is -1.16. The van der Waals surface area contributed by atoms with Gasteiger partial charge in [0.2, 0.25) is 11.8 Å². The Hall–Kier alpha value is -2.37. The standard InChI is InChI=1S/C15H18N2O4/c1-9(2)7-16-13(18)8-17-12-5-11(15(20)21)4-3-10(12)6-14(17)19/h3-5,9H,6-8H2,1-2H3,(H,16,18)(H,20,21). The largest absolute Gasteiger partial charge is 0.478 e. The first-order valence-electron chi connectivity index (χ1n) is 6.81. The maximum atomic E-state index is 12.0. The van der Waals surface area contributed by atoms with E-state index in [1.54, 1.807) is 6.07 Å². The van der Waals surface area contributed by atoms with Gasteiger partial charge in [-0.1, -0.05) is 19.9 Å². The Labute approximate surface area is 122 Å². The molecule has 0 fully saturated rings. The smallest absolute Gasteiger partial charge is 0.335 e. The second-order valence-corrected chi connectivity index (χ2v) is 5.50. The lowest BCUT2D eigenvalue weighted by molar-refractivity contribution is -0.123. The van der Waals surface area contributed by atoms with Gasteiger partial charge in [0, 0.05) is 12.2 Å². The van der Waals surface area contributed by atoms with Crippen LogP contribution >= 0.6 is 0 Å². The molecule has 1 aromatic carbocycles. The summed E-state index contributed by atoms with van der Waals surface area (Å²) in [4.78, 5) is 36.2. The highest BCUT2D eigenvalue weighted by molar-refractivity contribution is 6.06. The number of carbonyl (C=O) groups excluding carboxylic acids is 2. The van der Waals surface area contributed by atoms with E-state index in [9.17, 15) is 14.4 Å². The number of nitrogens with zero attached hydrogens (tertiary/aromatic N) is 1. The van der Waals surface area contributed by atoms with Crippen molar-refractivity contribution in [3.63, 3.8) is 0 Å². The second-order valence-electron chi connectivity index (χ2n) is 5.50. The van der Waals surface area contributed by atoms with Crippen molar-refractivity contribution in [3.05, 3.63) is 29.3 Å². The van der Waals surface area contributed by atoms with Gasteiger partial charge < -0.3 is 15.3 Å². The number of anilines is 1. The normalized spacial score (nSPS) is 13.5. The number of benzene rings is 1. The van der Waals surface area contributed by atoms with E-state index in [1.807, 2.05) is 13.8 Å². The van der Waals surface area contributed by atoms with E-state index >= 15 is 0 Å². The topological polar surface area (TPSA) is 86.7 Å². The van der Waals surface area contributed by atoms with Crippen molar-refractivity contribution in [2.45, 2.75) is 20.3 Å². The third-order valence-electron chi connectivity index (χ3n) is 3.27. The molecule has 6 nitrogen and oxygen atoms in total. The van der Waals surface area contributed by atoms with Crippen molar-refractivity contribution in [3.8, 4) is 0 Å². The fourth-order valence-electron chi connectivity index (χ4n) is 2.18. The fourth-order valence-corrected chi connectivity index (χ4v) is 2.18. The first-order chi connectivity index (χ1) is 9.88. The van der Waals surface area contributed by atoms with Crippen molar-refractivity contribution in [1.82, 2.24) is 5.32 Å². The van der Waals surface area contributed by atoms with Crippen molar-refractivity contribution >= 4 is 23.5 Å². The number of aromatic carboxylic acids is 1. The van der Waals surface area contributed by atoms with Gasteiger partial charge in [0.15, 0.2) is 0 Å². The average Bonchev–Trinajstić information content (AvgIpc) is 2.72. The second kappa shape index (κ2) is 5.95. The van der Waals surface area contributed by atoms with Crippen LogP contribution in [0.1, 0.15) is 29.8 Å². The van der Waals surface area contributed by atoms with Crippen LogP contribution in [-0.2, 0) is 16.0 Å². The molecule has 112 valence electrons. The Kier molecular flexibility index (Phi) is 4.26. The number of carboxylic acid groups (broad SMARTS) is 1. The first kappa shape index (κ1) is 15.0. The van der Waals surface area contributed by atoms with Crippen LogP contribution in [0, 0.1) is 5.92 Å². The Morgan fingerprint density at radius 2 is 2.10 bits per heavy atom. The quantitative estimate of drug-likeness (QED) is 0.848. The molecule has 0 atom stereocenters. The Morgan fingerprint density at radius 1 is 1.38 bits per heavy atom. The molecule has 0 aliphatic carbocycles. The van der Waals surface area contributed by atoms with Crippen LogP contribution in [0.4, 0.5) is 5.69 Å². The molecular weight excluding hydrogens is 272 g/mol. The summed E-state index contributed by atoms with van der Waals surface area (Å²) in [6.07, 6.45) is 0.201. The van der Waals surface area contributed by atoms with Gasteiger partial charge in [-0.05, 0) is 23.6 Å². The van der Waals surface area contributed by atoms with E-state index in [1.165, 1.54) is 17.0 Å². The van der Waals surface area contributed by atoms with E-state index in [4.69, 9.17) is 5.11 Å². The van der Waals surface area contributed by atoms with E-state index in [0.717, 1.165) is 5.56 Å². The number of nitrogens with one attached hydrogen (secondary N) is 1. The molecule has 0 spiro atoms. The third-order valence-corrected chi connectivity index (χ3v) is 3.27. The molecule has 1 aliphatic rings. The van der Waals surface area contributed by atoms with Crippen LogP contribution in [0.15, 0.2) is 18.2 Å². The van der Waals surface area contributed by atoms with E-state index in [-0.39, 0.29) is 30.3 Å². The molecular formula is C15H18N2O4. The van der Waals surface area contributed by atoms with Crippen LogP contribution in [0.3, 0.4) is 0 Å². The van der Waals surface area contributed by atoms with Crippen molar-refractivity contribution in [2.75, 3.05) is 18.0 Å². The maximum Gasteiger partial charge on any atom is 0.335 e. The molecule has 0 radical (unpaired) electrons. The van der Waals surface area contributed by atoms with E-state index < -0.39 is 5.97 Å². The third kappa shape index (κ3) is 3.39. The summed E-state index contributed by atoms with van der Waals surface area (Å²) < 4.78 is 0. The van der Waals surface area contributed by atoms with Crippen LogP contribution in [-0.4, -0.2) is 36.0 Å². The predicted molar refractivity (Wildman–Crippen MR) is 77.3 cm³/mol. The summed E-state index contributed by atoms with van der Waals surface area (Å²) in [5.41, 5.74) is 1.37. The molecule has 1 aromatic rings. The number of hydrogen-bond acceptors (Lipinski definition) is 3. The molecule has 0 bridgehead atoms. The number of fused-ring (bicyclic) bond motifs is 1. The number of amides is 2. The molecule has 1 aliphatic heterocycles. The average molecular weight is 290 g/mol. The van der Waals surface area contributed by atoms with Crippen molar-refractivity contribution in [2.24, 2.45) is 5.92 Å². The van der Waals surface area contributed by atoms with Crippen LogP contribution in [0.2, 0.25) is 0 Å². The van der Waals surface area contributed by atoms with Gasteiger partial charge in [-0.2, -0.15) is 0 Å². The fraction of sp³-hybridized carbons (Fsp3) is 0.400. The first-order valence-corrected chi connectivity index (χ1v) is 6.81. The number of carboxylic acids is 1. The van der Waals surface area contributed by atoms with Gasteiger partial charge in [-0.15, -0.1) is 0 Å². The summed E-state index contributed by atoms with van der Waals surface area (Å²) in [6.45, 7) is 4.43. The highest BCUT2D eigenvalue weighted by Crippen LogP contribution is 2.29. The molecule has 21 heavy (non-hydrogen) atoms. The summed E-state index contributed by atoms with van der Waals surface area (Å²) >= 11 is 0.